The number of anilines is 1. The molecule has 0 aliphatic carbocycles. The van der Waals surface area contributed by atoms with E-state index in [1.807, 2.05) is 0 Å². The molecule has 1 aromatic rings. The smallest absolute Gasteiger partial charge is 0.339 e. The van der Waals surface area contributed by atoms with Gasteiger partial charge in [-0.2, -0.15) is 0 Å². The maximum absolute atomic E-state index is 11.5. The first kappa shape index (κ1) is 11.8. The van der Waals surface area contributed by atoms with E-state index in [-0.39, 0.29) is 11.3 Å². The van der Waals surface area contributed by atoms with Crippen LogP contribution < -0.4 is 5.73 Å². The van der Waals surface area contributed by atoms with E-state index in [0.717, 1.165) is 0 Å². The Balaban J connectivity index is 3.60. The van der Waals surface area contributed by atoms with Crippen molar-refractivity contribution >= 4 is 27.6 Å². The van der Waals surface area contributed by atoms with Crippen LogP contribution in [0.25, 0.3) is 0 Å². The van der Waals surface area contributed by atoms with E-state index < -0.39 is 5.97 Å². The number of hydrogen-bond donors (Lipinski definition) is 2. The number of methoxy groups -OCH3 is 1. The zero-order chi connectivity index (χ0) is 11.7. The van der Waals surface area contributed by atoms with Crippen LogP contribution in [0, 0.1) is 13.8 Å². The zero-order valence-electron chi connectivity index (χ0n) is 8.72. The molecular weight excluding hydrogens is 262 g/mol. The Hall–Kier alpha value is -1.23. The molecule has 0 fully saturated rings. The topological polar surface area (TPSA) is 72.5 Å². The molecule has 0 radical (unpaired) electrons. The Morgan fingerprint density at radius 3 is 2.40 bits per heavy atom. The molecule has 0 atom stereocenters. The fraction of sp³-hybridized carbons (Fsp3) is 0.300. The van der Waals surface area contributed by atoms with Crippen molar-refractivity contribution in [2.75, 3.05) is 12.8 Å². The number of esters is 1. The largest absolute Gasteiger partial charge is 0.507 e. The van der Waals surface area contributed by atoms with Gasteiger partial charge in [0.2, 0.25) is 0 Å². The van der Waals surface area contributed by atoms with Crippen LogP contribution in [0.2, 0.25) is 0 Å². The van der Waals surface area contributed by atoms with Crippen LogP contribution in [-0.4, -0.2) is 18.2 Å². The lowest BCUT2D eigenvalue weighted by molar-refractivity contribution is 0.0598. The second-order valence-electron chi connectivity index (χ2n) is 3.19. The molecule has 0 aromatic heterocycles. The molecule has 0 amide bonds. The Morgan fingerprint density at radius 1 is 1.40 bits per heavy atom. The minimum Gasteiger partial charge on any atom is -0.507 e. The number of hydrogen-bond acceptors (Lipinski definition) is 4. The SMILES string of the molecule is COC(=O)c1c(C)c(O)c(C)c(N)c1Br. The van der Waals surface area contributed by atoms with Crippen molar-refractivity contribution < 1.29 is 14.6 Å². The Bertz CT molecular complexity index is 400. The van der Waals surface area contributed by atoms with Gasteiger partial charge in [0.15, 0.2) is 0 Å². The van der Waals surface area contributed by atoms with Gasteiger partial charge in [0.25, 0.3) is 0 Å². The van der Waals surface area contributed by atoms with Gasteiger partial charge in [-0.25, -0.2) is 4.79 Å². The van der Waals surface area contributed by atoms with Gasteiger partial charge >= 0.3 is 5.97 Å². The van der Waals surface area contributed by atoms with Crippen molar-refractivity contribution in [2.45, 2.75) is 13.8 Å². The average Bonchev–Trinajstić information content (AvgIpc) is 2.23. The molecule has 5 heteroatoms. The molecule has 0 bridgehead atoms. The van der Waals surface area contributed by atoms with Gasteiger partial charge in [-0.1, -0.05) is 0 Å². The summed E-state index contributed by atoms with van der Waals surface area (Å²) in [6.45, 7) is 3.32. The van der Waals surface area contributed by atoms with Crippen molar-refractivity contribution in [1.82, 2.24) is 0 Å². The Kier molecular flexibility index (Phi) is 3.24. The van der Waals surface area contributed by atoms with Gasteiger partial charge in [0.1, 0.15) is 5.75 Å². The maximum Gasteiger partial charge on any atom is 0.339 e. The normalized spacial score (nSPS) is 10.1. The number of carbonyl (C=O) groups is 1. The number of phenolic OH excluding ortho intramolecular Hbond substituents is 1. The van der Waals surface area contributed by atoms with Gasteiger partial charge < -0.3 is 15.6 Å². The van der Waals surface area contributed by atoms with Crippen LogP contribution in [0.4, 0.5) is 5.69 Å². The number of carbonyl (C=O) groups excluding carboxylic acids is 1. The lowest BCUT2D eigenvalue weighted by Crippen LogP contribution is -2.08. The van der Waals surface area contributed by atoms with Gasteiger partial charge in [-0.3, -0.25) is 0 Å². The lowest BCUT2D eigenvalue weighted by Gasteiger charge is -2.13. The van der Waals surface area contributed by atoms with Crippen LogP contribution in [-0.2, 0) is 4.74 Å². The molecule has 0 aliphatic heterocycles. The number of aromatic hydroxyl groups is 1. The van der Waals surface area contributed by atoms with Gasteiger partial charge in [-0.15, -0.1) is 0 Å². The van der Waals surface area contributed by atoms with Crippen LogP contribution in [0.5, 0.6) is 5.75 Å². The zero-order valence-corrected chi connectivity index (χ0v) is 10.3. The fourth-order valence-electron chi connectivity index (χ4n) is 1.34. The first-order chi connectivity index (χ1) is 6.91. The minimum absolute atomic E-state index is 0.0242. The third-order valence-corrected chi connectivity index (χ3v) is 3.16. The summed E-state index contributed by atoms with van der Waals surface area (Å²) in [6, 6.07) is 0. The van der Waals surface area contributed by atoms with Gasteiger partial charge in [0, 0.05) is 11.1 Å². The highest BCUT2D eigenvalue weighted by atomic mass is 79.9. The molecular formula is C10H12BrNO3. The van der Waals surface area contributed by atoms with E-state index in [2.05, 4.69) is 20.7 Å². The van der Waals surface area contributed by atoms with Crippen LogP contribution >= 0.6 is 15.9 Å². The first-order valence-electron chi connectivity index (χ1n) is 4.27. The second kappa shape index (κ2) is 4.10. The lowest BCUT2D eigenvalue weighted by atomic mass is 10.0. The molecule has 4 nitrogen and oxygen atoms in total. The molecule has 0 saturated carbocycles. The molecule has 0 aliphatic rings. The molecule has 0 saturated heterocycles. The quantitative estimate of drug-likeness (QED) is 0.608. The summed E-state index contributed by atoms with van der Waals surface area (Å²) in [5, 5.41) is 9.73. The summed E-state index contributed by atoms with van der Waals surface area (Å²) in [7, 11) is 1.28. The van der Waals surface area contributed by atoms with E-state index >= 15 is 0 Å². The molecule has 82 valence electrons. The summed E-state index contributed by atoms with van der Waals surface area (Å²) in [4.78, 5) is 11.5. The molecule has 0 unspecified atom stereocenters. The summed E-state index contributed by atoms with van der Waals surface area (Å²) >= 11 is 3.22. The van der Waals surface area contributed by atoms with Crippen molar-refractivity contribution in [2.24, 2.45) is 0 Å². The highest BCUT2D eigenvalue weighted by Crippen LogP contribution is 2.37. The fourth-order valence-corrected chi connectivity index (χ4v) is 2.09. The highest BCUT2D eigenvalue weighted by Gasteiger charge is 2.21. The van der Waals surface area contributed by atoms with E-state index in [0.29, 0.717) is 21.3 Å². The number of ether oxygens (including phenoxy) is 1. The van der Waals surface area contributed by atoms with Crippen LogP contribution in [0.3, 0.4) is 0 Å². The monoisotopic (exact) mass is 273 g/mol. The molecule has 15 heavy (non-hydrogen) atoms. The number of phenols is 1. The summed E-state index contributed by atoms with van der Waals surface area (Å²) in [5.74, 6) is -0.502. The predicted molar refractivity (Wildman–Crippen MR) is 61.0 cm³/mol. The van der Waals surface area contributed by atoms with E-state index in [9.17, 15) is 9.90 Å². The third-order valence-electron chi connectivity index (χ3n) is 2.33. The summed E-state index contributed by atoms with van der Waals surface area (Å²) in [6.07, 6.45) is 0. The Labute approximate surface area is 96.2 Å². The maximum atomic E-state index is 11.5. The third kappa shape index (κ3) is 1.79. The predicted octanol–water partition coefficient (Wildman–Crippen LogP) is 2.14. The first-order valence-corrected chi connectivity index (χ1v) is 5.06. The van der Waals surface area contributed by atoms with Crippen LogP contribution in [0.1, 0.15) is 21.5 Å². The van der Waals surface area contributed by atoms with E-state index in [4.69, 9.17) is 5.73 Å². The number of benzene rings is 1. The minimum atomic E-state index is -0.527. The number of nitrogen functional groups attached to an aromatic ring is 1. The number of halogens is 1. The van der Waals surface area contributed by atoms with E-state index in [1.165, 1.54) is 7.11 Å². The highest BCUT2D eigenvalue weighted by molar-refractivity contribution is 9.10. The molecule has 3 N–H and O–H groups in total. The van der Waals surface area contributed by atoms with E-state index in [1.54, 1.807) is 13.8 Å². The standard InChI is InChI=1S/C10H12BrNO3/c1-4-6(10(14)15-3)7(11)8(12)5(2)9(4)13/h13H,12H2,1-3H3. The second-order valence-corrected chi connectivity index (χ2v) is 3.99. The van der Waals surface area contributed by atoms with Gasteiger partial charge in [0.05, 0.1) is 22.8 Å². The van der Waals surface area contributed by atoms with Crippen molar-refractivity contribution in [3.63, 3.8) is 0 Å². The van der Waals surface area contributed by atoms with Crippen molar-refractivity contribution in [3.8, 4) is 5.75 Å². The Morgan fingerprint density at radius 2 is 1.93 bits per heavy atom. The van der Waals surface area contributed by atoms with Crippen molar-refractivity contribution in [3.05, 3.63) is 21.2 Å². The molecule has 1 rings (SSSR count). The molecule has 0 heterocycles. The van der Waals surface area contributed by atoms with Gasteiger partial charge in [-0.05, 0) is 29.8 Å². The number of rotatable bonds is 1. The molecule has 0 spiro atoms. The van der Waals surface area contributed by atoms with Crippen LogP contribution in [0.15, 0.2) is 4.47 Å². The summed E-state index contributed by atoms with van der Waals surface area (Å²) in [5.41, 5.74) is 7.35. The average molecular weight is 274 g/mol. The van der Waals surface area contributed by atoms with Crippen molar-refractivity contribution in [1.29, 1.82) is 0 Å². The number of nitrogens with two attached hydrogens (primary N) is 1. The summed E-state index contributed by atoms with van der Waals surface area (Å²) < 4.78 is 5.07. The molecule has 1 aromatic carbocycles.